The van der Waals surface area contributed by atoms with Crippen molar-refractivity contribution in [2.45, 2.75) is 58.0 Å². The number of methoxy groups -OCH3 is 1. The number of allylic oxidation sites excluding steroid dienone is 1. The van der Waals surface area contributed by atoms with E-state index in [2.05, 4.69) is 29.2 Å². The van der Waals surface area contributed by atoms with Crippen LogP contribution in [0.4, 0.5) is 0 Å². The first-order valence-corrected chi connectivity index (χ1v) is 13.6. The normalized spacial score (nSPS) is 19.1. The highest BCUT2D eigenvalue weighted by molar-refractivity contribution is 6.39. The SMILES string of the molecule is C/C=C(\N=CCC1CC1c1ccc(OCc2c(-c3c(Cl)cccc3Cl)noc2C2CC2)cc1C)C(=O)OC. The number of carbonyl (C=O) groups excluding carboxylic acids is 1. The number of nitrogens with zero attached hydrogens (tertiary/aromatic N) is 2. The predicted octanol–water partition coefficient (Wildman–Crippen LogP) is 8.05. The van der Waals surface area contributed by atoms with E-state index in [9.17, 15) is 4.79 Å². The minimum Gasteiger partial charge on any atom is -0.489 e. The van der Waals surface area contributed by atoms with Gasteiger partial charge >= 0.3 is 5.97 Å². The zero-order valence-corrected chi connectivity index (χ0v) is 23.2. The molecule has 2 aliphatic carbocycles. The lowest BCUT2D eigenvalue weighted by Gasteiger charge is -2.12. The van der Waals surface area contributed by atoms with E-state index in [1.54, 1.807) is 25.1 Å². The molecule has 2 aliphatic rings. The van der Waals surface area contributed by atoms with E-state index in [1.165, 1.54) is 18.2 Å². The molecule has 5 rings (SSSR count). The minimum atomic E-state index is -0.417. The van der Waals surface area contributed by atoms with Gasteiger partial charge in [0.2, 0.25) is 0 Å². The van der Waals surface area contributed by atoms with E-state index >= 15 is 0 Å². The highest BCUT2D eigenvalue weighted by Gasteiger charge is 2.38. The topological polar surface area (TPSA) is 73.9 Å². The third-order valence-corrected chi connectivity index (χ3v) is 7.85. The molecular formula is C30H30Cl2N2O4. The second-order valence-corrected chi connectivity index (χ2v) is 10.7. The molecule has 0 amide bonds. The largest absolute Gasteiger partial charge is 0.489 e. The highest BCUT2D eigenvalue weighted by Crippen LogP contribution is 2.51. The Morgan fingerprint density at radius 3 is 2.63 bits per heavy atom. The fraction of sp³-hybridized carbons (Fsp3) is 0.367. The summed E-state index contributed by atoms with van der Waals surface area (Å²) in [6.45, 7) is 4.21. The maximum absolute atomic E-state index is 11.7. The molecular weight excluding hydrogens is 523 g/mol. The molecule has 38 heavy (non-hydrogen) atoms. The van der Waals surface area contributed by atoms with Crippen LogP contribution in [0.5, 0.6) is 5.75 Å². The summed E-state index contributed by atoms with van der Waals surface area (Å²) in [6.07, 6.45) is 7.57. The van der Waals surface area contributed by atoms with Gasteiger partial charge in [0.25, 0.3) is 0 Å². The van der Waals surface area contributed by atoms with E-state index in [4.69, 9.17) is 37.2 Å². The molecule has 1 aromatic heterocycles. The van der Waals surface area contributed by atoms with Gasteiger partial charge in [-0.05, 0) is 86.8 Å². The number of aryl methyl sites for hydroxylation is 1. The van der Waals surface area contributed by atoms with Crippen LogP contribution in [-0.2, 0) is 16.1 Å². The summed E-state index contributed by atoms with van der Waals surface area (Å²) >= 11 is 13.0. The van der Waals surface area contributed by atoms with Gasteiger partial charge in [0.1, 0.15) is 29.5 Å². The first kappa shape index (κ1) is 26.5. The molecule has 3 aromatic rings. The van der Waals surface area contributed by atoms with Crippen LogP contribution in [0.1, 0.15) is 66.9 Å². The van der Waals surface area contributed by atoms with Crippen LogP contribution < -0.4 is 4.74 Å². The smallest absolute Gasteiger partial charge is 0.356 e. The lowest BCUT2D eigenvalue weighted by Crippen LogP contribution is -2.02. The number of halogens is 2. The van der Waals surface area contributed by atoms with Crippen LogP contribution in [0.3, 0.4) is 0 Å². The summed E-state index contributed by atoms with van der Waals surface area (Å²) < 4.78 is 16.8. The van der Waals surface area contributed by atoms with Gasteiger partial charge in [0.15, 0.2) is 0 Å². The van der Waals surface area contributed by atoms with E-state index in [-0.39, 0.29) is 0 Å². The maximum atomic E-state index is 11.7. The van der Waals surface area contributed by atoms with Crippen molar-refractivity contribution in [2.24, 2.45) is 10.9 Å². The van der Waals surface area contributed by atoms with E-state index in [0.717, 1.165) is 42.8 Å². The molecule has 2 aromatic carbocycles. The molecule has 2 saturated carbocycles. The average molecular weight is 553 g/mol. The molecule has 8 heteroatoms. The number of hydrogen-bond donors (Lipinski definition) is 0. The molecule has 0 aliphatic heterocycles. The molecule has 2 atom stereocenters. The van der Waals surface area contributed by atoms with E-state index in [1.807, 2.05) is 18.3 Å². The summed E-state index contributed by atoms with van der Waals surface area (Å²) in [5.41, 5.74) is 5.07. The Hall–Kier alpha value is -3.09. The Morgan fingerprint density at radius 1 is 1.21 bits per heavy atom. The van der Waals surface area contributed by atoms with Crippen LogP contribution >= 0.6 is 23.2 Å². The van der Waals surface area contributed by atoms with Crippen LogP contribution in [0.2, 0.25) is 10.0 Å². The second-order valence-electron chi connectivity index (χ2n) is 9.87. The molecule has 0 spiro atoms. The summed E-state index contributed by atoms with van der Waals surface area (Å²) in [5.74, 6) is 2.60. The van der Waals surface area contributed by atoms with Gasteiger partial charge in [0.05, 0.1) is 22.7 Å². The molecule has 2 fully saturated rings. The van der Waals surface area contributed by atoms with Crippen molar-refractivity contribution in [3.8, 4) is 17.0 Å². The summed E-state index contributed by atoms with van der Waals surface area (Å²) in [7, 11) is 1.36. The minimum absolute atomic E-state index is 0.320. The van der Waals surface area contributed by atoms with Gasteiger partial charge in [-0.15, -0.1) is 0 Å². The Balaban J connectivity index is 1.26. The fourth-order valence-corrected chi connectivity index (χ4v) is 5.46. The number of carbonyl (C=O) groups is 1. The molecule has 6 nitrogen and oxygen atoms in total. The lowest BCUT2D eigenvalue weighted by atomic mass is 10.0. The number of ether oxygens (including phenoxy) is 2. The fourth-order valence-electron chi connectivity index (χ4n) is 4.88. The maximum Gasteiger partial charge on any atom is 0.356 e. The summed E-state index contributed by atoms with van der Waals surface area (Å²) in [4.78, 5) is 15.9. The highest BCUT2D eigenvalue weighted by atomic mass is 35.5. The van der Waals surface area contributed by atoms with E-state index in [0.29, 0.717) is 51.4 Å². The van der Waals surface area contributed by atoms with Crippen molar-refractivity contribution in [1.82, 2.24) is 5.16 Å². The average Bonchev–Trinajstić information content (AvgIpc) is 3.84. The Kier molecular flexibility index (Phi) is 7.91. The molecule has 0 radical (unpaired) electrons. The first-order valence-electron chi connectivity index (χ1n) is 12.8. The van der Waals surface area contributed by atoms with Gasteiger partial charge in [-0.3, -0.25) is 4.99 Å². The zero-order chi connectivity index (χ0) is 26.8. The van der Waals surface area contributed by atoms with E-state index < -0.39 is 5.97 Å². The van der Waals surface area contributed by atoms with Crippen molar-refractivity contribution >= 4 is 35.4 Å². The molecule has 2 unspecified atom stereocenters. The monoisotopic (exact) mass is 552 g/mol. The Labute approximate surface area is 232 Å². The summed E-state index contributed by atoms with van der Waals surface area (Å²) in [6, 6.07) is 11.7. The standard InChI is InChI=1S/C30H30Cl2N2O4/c1-4-26(30(35)36-3)33-13-12-19-15-22(19)21-11-10-20(14-17(21)2)37-16-23-28(34-38-29(23)18-8-9-18)27-24(31)6-5-7-25(27)32/h4-7,10-11,13-14,18-19,22H,8-9,12,15-16H2,1-3H3/b26-4-,33-13?. The van der Waals surface area contributed by atoms with Gasteiger partial charge < -0.3 is 14.0 Å². The van der Waals surface area contributed by atoms with Gasteiger partial charge in [-0.25, -0.2) is 4.79 Å². The van der Waals surface area contributed by atoms with Crippen LogP contribution in [0.15, 0.2) is 57.7 Å². The Bertz CT molecular complexity index is 1390. The molecule has 0 saturated heterocycles. The van der Waals surface area contributed by atoms with Crippen LogP contribution in [0, 0.1) is 12.8 Å². The lowest BCUT2D eigenvalue weighted by molar-refractivity contribution is -0.136. The third kappa shape index (κ3) is 5.67. The molecule has 198 valence electrons. The number of esters is 1. The van der Waals surface area contributed by atoms with Gasteiger partial charge in [-0.1, -0.05) is 46.6 Å². The van der Waals surface area contributed by atoms with Crippen LogP contribution in [0.25, 0.3) is 11.3 Å². The van der Waals surface area contributed by atoms with Crippen molar-refractivity contribution in [3.05, 3.63) is 80.7 Å². The number of aromatic nitrogens is 1. The predicted molar refractivity (Wildman–Crippen MR) is 149 cm³/mol. The van der Waals surface area contributed by atoms with Crippen LogP contribution in [-0.4, -0.2) is 24.5 Å². The van der Waals surface area contributed by atoms with Gasteiger partial charge in [0, 0.05) is 17.7 Å². The van der Waals surface area contributed by atoms with Crippen molar-refractivity contribution in [3.63, 3.8) is 0 Å². The molecule has 0 N–H and O–H groups in total. The zero-order valence-electron chi connectivity index (χ0n) is 21.7. The summed E-state index contributed by atoms with van der Waals surface area (Å²) in [5, 5.41) is 5.41. The number of benzene rings is 2. The number of aliphatic imine (C=N–C) groups is 1. The van der Waals surface area contributed by atoms with Crippen molar-refractivity contribution in [2.75, 3.05) is 7.11 Å². The van der Waals surface area contributed by atoms with Crippen molar-refractivity contribution < 1.29 is 18.8 Å². The van der Waals surface area contributed by atoms with Gasteiger partial charge in [-0.2, -0.15) is 0 Å². The Morgan fingerprint density at radius 2 is 1.97 bits per heavy atom. The quantitative estimate of drug-likeness (QED) is 0.144. The number of hydrogen-bond acceptors (Lipinski definition) is 6. The second kappa shape index (κ2) is 11.3. The number of rotatable bonds is 10. The molecule has 0 bridgehead atoms. The first-order chi connectivity index (χ1) is 18.4. The molecule has 1 heterocycles. The third-order valence-electron chi connectivity index (χ3n) is 7.22. The van der Waals surface area contributed by atoms with Crippen molar-refractivity contribution in [1.29, 1.82) is 0 Å².